The van der Waals surface area contributed by atoms with Gasteiger partial charge in [0.25, 0.3) is 5.91 Å². The number of thiazole rings is 1. The molecule has 2 aromatic carbocycles. The Morgan fingerprint density at radius 3 is 2.96 bits per heavy atom. The Morgan fingerprint density at radius 2 is 2.15 bits per heavy atom. The van der Waals surface area contributed by atoms with Crippen LogP contribution in [0, 0.1) is 0 Å². The number of nitrogens with zero attached hydrogens (tertiary/aromatic N) is 2. The van der Waals surface area contributed by atoms with Crippen molar-refractivity contribution in [1.82, 2.24) is 9.88 Å². The topological polar surface area (TPSA) is 54.5 Å². The van der Waals surface area contributed by atoms with Crippen LogP contribution in [0.1, 0.15) is 26.5 Å². The van der Waals surface area contributed by atoms with Gasteiger partial charge in [-0.05, 0) is 41.8 Å². The van der Waals surface area contributed by atoms with Crippen molar-refractivity contribution in [2.45, 2.75) is 19.5 Å². The Bertz CT molecular complexity index is 940. The van der Waals surface area contributed by atoms with Crippen LogP contribution in [-0.4, -0.2) is 29.4 Å². The van der Waals surface area contributed by atoms with Crippen LogP contribution >= 0.6 is 11.3 Å². The van der Waals surface area contributed by atoms with Gasteiger partial charge in [-0.3, -0.25) is 9.69 Å². The van der Waals surface area contributed by atoms with Gasteiger partial charge < -0.3 is 10.1 Å². The fourth-order valence-corrected chi connectivity index (χ4v) is 4.04. The Kier molecular flexibility index (Phi) is 5.18. The molecule has 3 aromatic rings. The average Bonchev–Trinajstić information content (AvgIpc) is 3.20. The molecule has 1 aliphatic rings. The molecule has 0 atom stereocenters. The van der Waals surface area contributed by atoms with Gasteiger partial charge in [0.05, 0.1) is 19.2 Å². The third kappa shape index (κ3) is 4.02. The largest absolute Gasteiger partial charge is 0.496 e. The highest BCUT2D eigenvalue weighted by molar-refractivity contribution is 7.09. The summed E-state index contributed by atoms with van der Waals surface area (Å²) in [4.78, 5) is 19.4. The maximum absolute atomic E-state index is 12.6. The number of methoxy groups -OCH3 is 1. The summed E-state index contributed by atoms with van der Waals surface area (Å²) in [5, 5.41) is 6.15. The molecule has 27 heavy (non-hydrogen) atoms. The molecule has 0 radical (unpaired) electrons. The number of fused-ring (bicyclic) bond motifs is 1. The van der Waals surface area contributed by atoms with E-state index in [-0.39, 0.29) is 5.91 Å². The van der Waals surface area contributed by atoms with Gasteiger partial charge in [-0.15, -0.1) is 11.3 Å². The maximum atomic E-state index is 12.6. The van der Waals surface area contributed by atoms with E-state index in [9.17, 15) is 4.79 Å². The second-order valence-corrected chi connectivity index (χ2v) is 7.50. The summed E-state index contributed by atoms with van der Waals surface area (Å²) in [5.41, 5.74) is 3.94. The molecule has 1 aromatic heterocycles. The predicted molar refractivity (Wildman–Crippen MR) is 107 cm³/mol. The van der Waals surface area contributed by atoms with Crippen molar-refractivity contribution in [3.8, 4) is 5.75 Å². The number of amides is 1. The minimum atomic E-state index is -0.164. The van der Waals surface area contributed by atoms with Crippen molar-refractivity contribution in [1.29, 1.82) is 0 Å². The van der Waals surface area contributed by atoms with E-state index in [1.807, 2.05) is 29.8 Å². The second-order valence-electron chi connectivity index (χ2n) is 6.52. The predicted octanol–water partition coefficient (Wildman–Crippen LogP) is 3.96. The van der Waals surface area contributed by atoms with Crippen molar-refractivity contribution in [2.24, 2.45) is 0 Å². The molecule has 0 fully saturated rings. The molecule has 2 heterocycles. The molecule has 0 bridgehead atoms. The third-order valence-electron chi connectivity index (χ3n) is 4.75. The summed E-state index contributed by atoms with van der Waals surface area (Å²) in [7, 11) is 1.57. The average molecular weight is 379 g/mol. The zero-order valence-electron chi connectivity index (χ0n) is 15.1. The van der Waals surface area contributed by atoms with Crippen molar-refractivity contribution in [3.63, 3.8) is 0 Å². The number of hydrogen-bond donors (Lipinski definition) is 1. The number of nitrogens with one attached hydrogen (secondary N) is 1. The minimum Gasteiger partial charge on any atom is -0.496 e. The first kappa shape index (κ1) is 17.7. The number of carbonyl (C=O) groups is 1. The normalized spacial score (nSPS) is 13.8. The molecule has 4 rings (SSSR count). The zero-order valence-corrected chi connectivity index (χ0v) is 16.0. The fraction of sp³-hybridized carbons (Fsp3) is 0.238. The van der Waals surface area contributed by atoms with E-state index >= 15 is 0 Å². The highest BCUT2D eigenvalue weighted by Crippen LogP contribution is 2.25. The number of para-hydroxylation sites is 1. The highest BCUT2D eigenvalue weighted by Gasteiger charge is 2.18. The van der Waals surface area contributed by atoms with Crippen LogP contribution < -0.4 is 10.1 Å². The first-order chi connectivity index (χ1) is 13.2. The monoisotopic (exact) mass is 379 g/mol. The van der Waals surface area contributed by atoms with Gasteiger partial charge >= 0.3 is 0 Å². The Labute approximate surface area is 162 Å². The van der Waals surface area contributed by atoms with Crippen molar-refractivity contribution in [3.05, 3.63) is 75.7 Å². The Hall–Kier alpha value is -2.70. The molecule has 0 spiro atoms. The molecule has 5 nitrogen and oxygen atoms in total. The molecular formula is C21H21N3O2S. The lowest BCUT2D eigenvalue weighted by Crippen LogP contribution is -2.30. The second kappa shape index (κ2) is 7.90. The van der Waals surface area contributed by atoms with Gasteiger partial charge in [-0.1, -0.05) is 18.2 Å². The van der Waals surface area contributed by atoms with E-state index in [2.05, 4.69) is 27.3 Å². The van der Waals surface area contributed by atoms with Crippen LogP contribution in [0.25, 0.3) is 0 Å². The first-order valence-electron chi connectivity index (χ1n) is 8.90. The molecule has 6 heteroatoms. The smallest absolute Gasteiger partial charge is 0.259 e. The highest BCUT2D eigenvalue weighted by atomic mass is 32.1. The summed E-state index contributed by atoms with van der Waals surface area (Å²) in [6.07, 6.45) is 2.87. The van der Waals surface area contributed by atoms with E-state index in [1.54, 1.807) is 30.6 Å². The first-order valence-corrected chi connectivity index (χ1v) is 9.78. The number of carbonyl (C=O) groups excluding carboxylic acids is 1. The van der Waals surface area contributed by atoms with E-state index in [1.165, 1.54) is 11.1 Å². The number of aromatic nitrogens is 1. The number of ether oxygens (including phenoxy) is 1. The summed E-state index contributed by atoms with van der Waals surface area (Å²) < 4.78 is 5.29. The maximum Gasteiger partial charge on any atom is 0.259 e. The van der Waals surface area contributed by atoms with Crippen molar-refractivity contribution in [2.75, 3.05) is 19.0 Å². The number of hydrogen-bond acceptors (Lipinski definition) is 5. The Morgan fingerprint density at radius 1 is 1.26 bits per heavy atom. The van der Waals surface area contributed by atoms with E-state index in [0.29, 0.717) is 11.3 Å². The molecule has 0 saturated heterocycles. The van der Waals surface area contributed by atoms with Crippen LogP contribution in [0.5, 0.6) is 5.75 Å². The SMILES string of the molecule is COc1ccccc1C(=O)Nc1ccc2c(c1)CN(Cc1nccs1)CC2. The van der Waals surface area contributed by atoms with E-state index < -0.39 is 0 Å². The van der Waals surface area contributed by atoms with Crippen LogP contribution in [-0.2, 0) is 19.5 Å². The molecule has 138 valence electrons. The lowest BCUT2D eigenvalue weighted by Gasteiger charge is -2.28. The van der Waals surface area contributed by atoms with Gasteiger partial charge in [0.2, 0.25) is 0 Å². The van der Waals surface area contributed by atoms with Gasteiger partial charge in [0.15, 0.2) is 0 Å². The molecule has 0 aliphatic carbocycles. The molecule has 1 aliphatic heterocycles. The van der Waals surface area contributed by atoms with Gasteiger partial charge in [0, 0.05) is 30.4 Å². The number of benzene rings is 2. The number of anilines is 1. The van der Waals surface area contributed by atoms with Crippen molar-refractivity contribution < 1.29 is 9.53 Å². The van der Waals surface area contributed by atoms with Gasteiger partial charge in [0.1, 0.15) is 10.8 Å². The van der Waals surface area contributed by atoms with Crippen LogP contribution in [0.3, 0.4) is 0 Å². The quantitative estimate of drug-likeness (QED) is 0.729. The third-order valence-corrected chi connectivity index (χ3v) is 5.51. The van der Waals surface area contributed by atoms with E-state index in [0.717, 1.165) is 36.8 Å². The van der Waals surface area contributed by atoms with E-state index in [4.69, 9.17) is 4.74 Å². The zero-order chi connectivity index (χ0) is 18.6. The molecule has 1 N–H and O–H groups in total. The lowest BCUT2D eigenvalue weighted by atomic mass is 9.99. The molecule has 0 saturated carbocycles. The van der Waals surface area contributed by atoms with Gasteiger partial charge in [-0.2, -0.15) is 0 Å². The standard InChI is InChI=1S/C21H21N3O2S/c1-26-19-5-3-2-4-18(19)21(25)23-17-7-6-15-8-10-24(13-16(15)12-17)14-20-22-9-11-27-20/h2-7,9,11-12H,8,10,13-14H2,1H3,(H,23,25). The molecular weight excluding hydrogens is 358 g/mol. The van der Waals surface area contributed by atoms with Crippen LogP contribution in [0.4, 0.5) is 5.69 Å². The molecule has 1 amide bonds. The van der Waals surface area contributed by atoms with Crippen LogP contribution in [0.15, 0.2) is 54.0 Å². The fourth-order valence-electron chi connectivity index (χ4n) is 3.38. The minimum absolute atomic E-state index is 0.164. The van der Waals surface area contributed by atoms with Crippen LogP contribution in [0.2, 0.25) is 0 Å². The summed E-state index contributed by atoms with van der Waals surface area (Å²) in [6.45, 7) is 2.77. The van der Waals surface area contributed by atoms with Crippen molar-refractivity contribution >= 4 is 22.9 Å². The molecule has 0 unspecified atom stereocenters. The summed E-state index contributed by atoms with van der Waals surface area (Å²) in [6, 6.07) is 13.4. The summed E-state index contributed by atoms with van der Waals surface area (Å²) in [5.74, 6) is 0.408. The van der Waals surface area contributed by atoms with Gasteiger partial charge in [-0.25, -0.2) is 4.98 Å². The summed E-state index contributed by atoms with van der Waals surface area (Å²) >= 11 is 1.69. The number of rotatable bonds is 5. The lowest BCUT2D eigenvalue weighted by molar-refractivity contribution is 0.102. The Balaban J connectivity index is 1.48.